The van der Waals surface area contributed by atoms with Gasteiger partial charge in [-0.1, -0.05) is 36.4 Å². The van der Waals surface area contributed by atoms with E-state index in [0.717, 1.165) is 26.8 Å². The standard InChI is InChI=1S/C31H35N7O6S/c39-26(13-19-16-45-25-7-2-1-6-21(19)25)34-22(10-11-27(40)41)29(42)35-23-9-8-17-4-3-5-18-12-24(38(28(17)18)31(23)44)30(43)32-14-20-15-33-37-36-20/h1-7,16,20,22-24,33,36-37H,8-15H2,(H,32,43)(H,34,39)(H,35,42)(H,40,41)/t20?,22-,23-,24-/m0/s1. The molecule has 4 heterocycles. The van der Waals surface area contributed by atoms with Crippen LogP contribution in [0.3, 0.4) is 0 Å². The number of carbonyl (C=O) groups is 5. The fraction of sp³-hybridized carbons (Fsp3) is 0.387. The van der Waals surface area contributed by atoms with E-state index >= 15 is 0 Å². The van der Waals surface area contributed by atoms with E-state index < -0.39 is 41.8 Å². The Labute approximate surface area is 263 Å². The number of aliphatic carboxylic acids is 1. The van der Waals surface area contributed by atoms with Crippen LogP contribution >= 0.6 is 11.3 Å². The lowest BCUT2D eigenvalue weighted by molar-refractivity contribution is -0.138. The molecule has 14 heteroatoms. The van der Waals surface area contributed by atoms with Crippen molar-refractivity contribution in [3.05, 3.63) is 64.5 Å². The van der Waals surface area contributed by atoms with Gasteiger partial charge in [0, 0.05) is 30.6 Å². The molecule has 1 fully saturated rings. The zero-order valence-electron chi connectivity index (χ0n) is 24.4. The van der Waals surface area contributed by atoms with Crippen molar-refractivity contribution in [2.24, 2.45) is 0 Å². The molecule has 1 aromatic heterocycles. The molecule has 7 N–H and O–H groups in total. The number of para-hydroxylation sites is 1. The number of nitrogens with zero attached hydrogens (tertiary/aromatic N) is 1. The summed E-state index contributed by atoms with van der Waals surface area (Å²) in [5.74, 6) is -2.88. The summed E-state index contributed by atoms with van der Waals surface area (Å²) in [7, 11) is 0. The highest BCUT2D eigenvalue weighted by Gasteiger charge is 2.44. The Balaban J connectivity index is 1.16. The van der Waals surface area contributed by atoms with Crippen LogP contribution in [0.15, 0.2) is 47.8 Å². The summed E-state index contributed by atoms with van der Waals surface area (Å²) in [5, 5.41) is 20.6. The Kier molecular flexibility index (Phi) is 9.07. The number of hydrazine groups is 2. The van der Waals surface area contributed by atoms with Crippen molar-refractivity contribution in [3.8, 4) is 0 Å². The molecule has 3 aliphatic rings. The first-order valence-electron chi connectivity index (χ1n) is 15.0. The van der Waals surface area contributed by atoms with Crippen molar-refractivity contribution in [2.75, 3.05) is 18.0 Å². The summed E-state index contributed by atoms with van der Waals surface area (Å²) >= 11 is 1.52. The number of carboxylic acid groups (broad SMARTS) is 1. The van der Waals surface area contributed by atoms with Crippen LogP contribution < -0.4 is 37.2 Å². The molecule has 2 aromatic carbocycles. The van der Waals surface area contributed by atoms with Crippen molar-refractivity contribution >= 4 is 56.7 Å². The van der Waals surface area contributed by atoms with E-state index in [-0.39, 0.29) is 37.6 Å². The van der Waals surface area contributed by atoms with Crippen molar-refractivity contribution in [3.63, 3.8) is 0 Å². The number of hydrogen-bond acceptors (Lipinski definition) is 9. The van der Waals surface area contributed by atoms with Crippen LogP contribution in [0.2, 0.25) is 0 Å². The number of aryl methyl sites for hydroxylation is 1. The number of carbonyl (C=O) groups excluding carboxylic acids is 4. The minimum Gasteiger partial charge on any atom is -0.481 e. The fourth-order valence-corrected chi connectivity index (χ4v) is 7.18. The fourth-order valence-electron chi connectivity index (χ4n) is 6.21. The predicted octanol–water partition coefficient (Wildman–Crippen LogP) is 0.280. The van der Waals surface area contributed by atoms with Gasteiger partial charge in [-0.25, -0.2) is 10.9 Å². The lowest BCUT2D eigenvalue weighted by Gasteiger charge is -2.29. The summed E-state index contributed by atoms with van der Waals surface area (Å²) < 4.78 is 1.04. The number of amides is 4. The molecule has 4 amide bonds. The number of fused-ring (bicyclic) bond motifs is 1. The first-order chi connectivity index (χ1) is 21.8. The van der Waals surface area contributed by atoms with Crippen molar-refractivity contribution < 1.29 is 29.1 Å². The first-order valence-corrected chi connectivity index (χ1v) is 15.9. The van der Waals surface area contributed by atoms with Gasteiger partial charge in [-0.2, -0.15) is 5.53 Å². The molecule has 3 aliphatic heterocycles. The van der Waals surface area contributed by atoms with Crippen LogP contribution in [0, 0.1) is 0 Å². The van der Waals surface area contributed by atoms with Gasteiger partial charge < -0.3 is 21.1 Å². The number of carboxylic acids is 1. The van der Waals surface area contributed by atoms with Gasteiger partial charge in [0.1, 0.15) is 18.1 Å². The molecule has 0 bridgehead atoms. The van der Waals surface area contributed by atoms with Gasteiger partial charge in [0.05, 0.1) is 18.2 Å². The Morgan fingerprint density at radius 2 is 1.91 bits per heavy atom. The van der Waals surface area contributed by atoms with Crippen LogP contribution in [-0.4, -0.2) is 72.0 Å². The summed E-state index contributed by atoms with van der Waals surface area (Å²) in [4.78, 5) is 67.0. The van der Waals surface area contributed by atoms with Gasteiger partial charge in [-0.3, -0.25) is 28.9 Å². The summed E-state index contributed by atoms with van der Waals surface area (Å²) in [5.41, 5.74) is 12.1. The van der Waals surface area contributed by atoms with Gasteiger partial charge in [0.15, 0.2) is 0 Å². The zero-order valence-corrected chi connectivity index (χ0v) is 25.2. The van der Waals surface area contributed by atoms with Crippen molar-refractivity contribution in [1.82, 2.24) is 32.3 Å². The zero-order chi connectivity index (χ0) is 31.5. The quantitative estimate of drug-likeness (QED) is 0.156. The predicted molar refractivity (Wildman–Crippen MR) is 167 cm³/mol. The number of benzene rings is 2. The Morgan fingerprint density at radius 3 is 2.71 bits per heavy atom. The number of thiophene rings is 1. The maximum Gasteiger partial charge on any atom is 0.303 e. The lowest BCUT2D eigenvalue weighted by Crippen LogP contribution is -2.57. The van der Waals surface area contributed by atoms with Gasteiger partial charge in [-0.05, 0) is 52.8 Å². The van der Waals surface area contributed by atoms with Crippen molar-refractivity contribution in [1.29, 1.82) is 0 Å². The molecular weight excluding hydrogens is 598 g/mol. The molecule has 0 radical (unpaired) electrons. The Hall–Kier alpha value is -4.37. The SMILES string of the molecule is O=C(O)CC[C@H](NC(=O)Cc1csc2ccccc12)C(=O)N[C@H]1CCc2cccc3c2N(C1=O)[C@H](C(=O)NCC1CNNN1)C3. The molecule has 45 heavy (non-hydrogen) atoms. The van der Waals surface area contributed by atoms with E-state index in [0.29, 0.717) is 31.6 Å². The largest absolute Gasteiger partial charge is 0.481 e. The van der Waals surface area contributed by atoms with E-state index in [4.69, 9.17) is 0 Å². The third kappa shape index (κ3) is 6.68. The van der Waals surface area contributed by atoms with E-state index in [9.17, 15) is 29.1 Å². The molecule has 0 saturated carbocycles. The maximum atomic E-state index is 14.0. The molecular formula is C31H35N7O6S. The van der Waals surface area contributed by atoms with Gasteiger partial charge in [-0.15, -0.1) is 11.3 Å². The number of nitrogens with one attached hydrogen (secondary N) is 6. The number of anilines is 1. The highest BCUT2D eigenvalue weighted by Crippen LogP contribution is 2.39. The lowest BCUT2D eigenvalue weighted by atomic mass is 10.0. The van der Waals surface area contributed by atoms with Crippen LogP contribution in [0.4, 0.5) is 5.69 Å². The second-order valence-corrected chi connectivity index (χ2v) is 12.4. The minimum absolute atomic E-state index is 0.0171. The van der Waals surface area contributed by atoms with E-state index in [1.807, 2.05) is 47.8 Å². The molecule has 3 aromatic rings. The van der Waals surface area contributed by atoms with Crippen molar-refractivity contribution in [2.45, 2.75) is 62.7 Å². The normalized spacial score (nSPS) is 21.2. The third-order valence-corrected chi connectivity index (χ3v) is 9.48. The van der Waals surface area contributed by atoms with Gasteiger partial charge in [0.2, 0.25) is 23.6 Å². The summed E-state index contributed by atoms with van der Waals surface area (Å²) in [6, 6.07) is 10.5. The Morgan fingerprint density at radius 1 is 1.09 bits per heavy atom. The van der Waals surface area contributed by atoms with Gasteiger partial charge in [0.25, 0.3) is 0 Å². The van der Waals surface area contributed by atoms with Crippen LogP contribution in [-0.2, 0) is 43.2 Å². The second-order valence-electron chi connectivity index (χ2n) is 11.5. The Bertz CT molecular complexity index is 1640. The molecule has 0 spiro atoms. The van der Waals surface area contributed by atoms with E-state index in [1.54, 1.807) is 0 Å². The first kappa shape index (κ1) is 30.6. The van der Waals surface area contributed by atoms with Crippen LogP contribution in [0.5, 0.6) is 0 Å². The maximum absolute atomic E-state index is 14.0. The number of rotatable bonds is 11. The highest BCUT2D eigenvalue weighted by atomic mass is 32.1. The molecule has 13 nitrogen and oxygen atoms in total. The monoisotopic (exact) mass is 633 g/mol. The summed E-state index contributed by atoms with van der Waals surface area (Å²) in [6.07, 6.45) is 0.665. The highest BCUT2D eigenvalue weighted by molar-refractivity contribution is 7.17. The average molecular weight is 634 g/mol. The van der Waals surface area contributed by atoms with E-state index in [1.165, 1.54) is 16.2 Å². The second kappa shape index (κ2) is 13.3. The third-order valence-electron chi connectivity index (χ3n) is 8.47. The topological polar surface area (TPSA) is 181 Å². The van der Waals surface area contributed by atoms with Crippen LogP contribution in [0.25, 0.3) is 10.1 Å². The average Bonchev–Trinajstić information content (AvgIpc) is 3.77. The molecule has 4 atom stereocenters. The summed E-state index contributed by atoms with van der Waals surface area (Å²) in [6.45, 7) is 0.975. The molecule has 1 saturated heterocycles. The van der Waals surface area contributed by atoms with Crippen LogP contribution in [0.1, 0.15) is 36.0 Å². The van der Waals surface area contributed by atoms with Gasteiger partial charge >= 0.3 is 5.97 Å². The molecule has 0 aliphatic carbocycles. The van der Waals surface area contributed by atoms with E-state index in [2.05, 4.69) is 32.3 Å². The number of hydrogen-bond donors (Lipinski definition) is 7. The smallest absolute Gasteiger partial charge is 0.303 e. The minimum atomic E-state index is -1.16. The molecule has 1 unspecified atom stereocenters. The molecule has 6 rings (SSSR count). The molecule has 236 valence electrons.